The number of pyridine rings is 1. The first kappa shape index (κ1) is 19.1. The normalized spacial score (nSPS) is 11.6. The van der Waals surface area contributed by atoms with E-state index in [1.54, 1.807) is 18.2 Å². The molecule has 0 radical (unpaired) electrons. The Morgan fingerprint density at radius 3 is 2.56 bits per heavy atom. The molecule has 1 aromatic heterocycles. The Bertz CT molecular complexity index is 845. The van der Waals surface area contributed by atoms with Crippen molar-refractivity contribution in [2.24, 2.45) is 0 Å². The quantitative estimate of drug-likeness (QED) is 0.870. The highest BCUT2D eigenvalue weighted by molar-refractivity contribution is 6.30. The molecule has 1 aromatic carbocycles. The van der Waals surface area contributed by atoms with Gasteiger partial charge in [0.25, 0.3) is 5.56 Å². The van der Waals surface area contributed by atoms with Gasteiger partial charge >= 0.3 is 6.18 Å². The monoisotopic (exact) mass is 372 g/mol. The van der Waals surface area contributed by atoms with Crippen LogP contribution in [0.15, 0.2) is 41.3 Å². The van der Waals surface area contributed by atoms with Crippen molar-refractivity contribution in [1.82, 2.24) is 4.57 Å². The molecule has 1 amide bonds. The van der Waals surface area contributed by atoms with Crippen molar-refractivity contribution in [1.29, 1.82) is 0 Å². The van der Waals surface area contributed by atoms with Gasteiger partial charge < -0.3 is 9.88 Å². The summed E-state index contributed by atoms with van der Waals surface area (Å²) in [5.74, 6) is -0.375. The van der Waals surface area contributed by atoms with Gasteiger partial charge in [0.2, 0.25) is 5.91 Å². The van der Waals surface area contributed by atoms with Crippen LogP contribution in [0.3, 0.4) is 0 Å². The Kier molecular flexibility index (Phi) is 5.57. The lowest BCUT2D eigenvalue weighted by atomic mass is 10.0. The van der Waals surface area contributed by atoms with E-state index >= 15 is 0 Å². The molecule has 0 aliphatic carbocycles. The summed E-state index contributed by atoms with van der Waals surface area (Å²) in [5, 5.41) is 1.97. The Morgan fingerprint density at radius 1 is 1.28 bits per heavy atom. The number of hydrogen-bond donors (Lipinski definition) is 1. The molecule has 0 atom stereocenters. The maximum atomic E-state index is 12.8. The van der Waals surface area contributed by atoms with E-state index in [2.05, 4.69) is 5.32 Å². The number of alkyl halides is 3. The summed E-state index contributed by atoms with van der Waals surface area (Å²) in [4.78, 5) is 24.0. The van der Waals surface area contributed by atoms with E-state index in [4.69, 9.17) is 11.6 Å². The molecule has 0 fully saturated rings. The number of carbonyl (C=O) groups is 1. The van der Waals surface area contributed by atoms with E-state index in [1.807, 2.05) is 19.9 Å². The molecule has 8 heteroatoms. The summed E-state index contributed by atoms with van der Waals surface area (Å²) in [5.41, 5.74) is -0.452. The predicted molar refractivity (Wildman–Crippen MR) is 89.9 cm³/mol. The van der Waals surface area contributed by atoms with E-state index in [1.165, 1.54) is 0 Å². The van der Waals surface area contributed by atoms with Crippen molar-refractivity contribution >= 4 is 23.2 Å². The molecule has 25 heavy (non-hydrogen) atoms. The minimum atomic E-state index is -4.67. The minimum absolute atomic E-state index is 0.252. The average molecular weight is 373 g/mol. The van der Waals surface area contributed by atoms with Crippen LogP contribution < -0.4 is 10.9 Å². The summed E-state index contributed by atoms with van der Waals surface area (Å²) in [6.45, 7) is 3.41. The third-order valence-electron chi connectivity index (χ3n) is 3.52. The number of rotatable bonds is 4. The first-order chi connectivity index (χ1) is 11.6. The highest BCUT2D eigenvalue weighted by Crippen LogP contribution is 2.29. The molecule has 1 N–H and O–H groups in total. The van der Waals surface area contributed by atoms with Gasteiger partial charge in [-0.3, -0.25) is 9.59 Å². The molecule has 0 aliphatic heterocycles. The van der Waals surface area contributed by atoms with Gasteiger partial charge in [0.15, 0.2) is 0 Å². The minimum Gasteiger partial charge on any atom is -0.325 e. The zero-order valence-corrected chi connectivity index (χ0v) is 14.3. The Morgan fingerprint density at radius 2 is 1.96 bits per heavy atom. The van der Waals surface area contributed by atoms with E-state index < -0.39 is 34.8 Å². The lowest BCUT2D eigenvalue weighted by Crippen LogP contribution is -2.29. The summed E-state index contributed by atoms with van der Waals surface area (Å²) in [7, 11) is 0. The second kappa shape index (κ2) is 7.31. The van der Waals surface area contributed by atoms with Crippen LogP contribution in [0.1, 0.15) is 30.9 Å². The summed E-state index contributed by atoms with van der Waals surface area (Å²) >= 11 is 5.56. The molecule has 0 saturated heterocycles. The van der Waals surface area contributed by atoms with Crippen molar-refractivity contribution in [3.8, 4) is 0 Å². The Hall–Kier alpha value is -2.28. The molecule has 0 unspecified atom stereocenters. The van der Waals surface area contributed by atoms with Crippen molar-refractivity contribution in [3.05, 3.63) is 63.0 Å². The largest absolute Gasteiger partial charge is 0.417 e. The standard InChI is InChI=1S/C17H16ClF3N2O2/c1-10(2)11-4-3-5-13(6-11)22-15(24)9-23-8-12(17(19,20)21)7-14(18)16(23)25/h3-8,10H,9H2,1-2H3,(H,22,24). The van der Waals surface area contributed by atoms with Gasteiger partial charge in [0.1, 0.15) is 11.6 Å². The van der Waals surface area contributed by atoms with Crippen molar-refractivity contribution in [3.63, 3.8) is 0 Å². The zero-order valence-electron chi connectivity index (χ0n) is 13.5. The van der Waals surface area contributed by atoms with Crippen LogP contribution in [0.25, 0.3) is 0 Å². The first-order valence-corrected chi connectivity index (χ1v) is 7.82. The Labute approximate surface area is 147 Å². The van der Waals surface area contributed by atoms with Crippen molar-refractivity contribution < 1.29 is 18.0 Å². The number of hydrogen-bond acceptors (Lipinski definition) is 2. The molecular formula is C17H16ClF3N2O2. The van der Waals surface area contributed by atoms with E-state index in [9.17, 15) is 22.8 Å². The van der Waals surface area contributed by atoms with Crippen LogP contribution in [0, 0.1) is 0 Å². The van der Waals surface area contributed by atoms with Crippen molar-refractivity contribution in [2.45, 2.75) is 32.5 Å². The average Bonchev–Trinajstić information content (AvgIpc) is 2.50. The molecule has 2 rings (SSSR count). The third kappa shape index (κ3) is 4.85. The second-order valence-corrected chi connectivity index (χ2v) is 6.24. The van der Waals surface area contributed by atoms with Crippen LogP contribution in [-0.4, -0.2) is 10.5 Å². The lowest BCUT2D eigenvalue weighted by molar-refractivity contribution is -0.138. The molecule has 4 nitrogen and oxygen atoms in total. The van der Waals surface area contributed by atoms with Gasteiger partial charge in [0.05, 0.1) is 5.56 Å². The predicted octanol–water partition coefficient (Wildman–Crippen LogP) is 4.28. The van der Waals surface area contributed by atoms with Gasteiger partial charge in [-0.15, -0.1) is 0 Å². The highest BCUT2D eigenvalue weighted by atomic mass is 35.5. The van der Waals surface area contributed by atoms with Gasteiger partial charge in [-0.1, -0.05) is 37.6 Å². The summed E-state index contributed by atoms with van der Waals surface area (Å²) in [6, 6.07) is 7.64. The fourth-order valence-corrected chi connectivity index (χ4v) is 2.43. The van der Waals surface area contributed by atoms with Crippen LogP contribution in [-0.2, 0) is 17.5 Å². The van der Waals surface area contributed by atoms with Crippen LogP contribution >= 0.6 is 11.6 Å². The maximum Gasteiger partial charge on any atom is 0.417 e. The lowest BCUT2D eigenvalue weighted by Gasteiger charge is -2.13. The van der Waals surface area contributed by atoms with Gasteiger partial charge in [-0.25, -0.2) is 0 Å². The number of halogens is 4. The summed E-state index contributed by atoms with van der Waals surface area (Å²) < 4.78 is 39.1. The van der Waals surface area contributed by atoms with E-state index in [-0.39, 0.29) is 5.92 Å². The van der Waals surface area contributed by atoms with Crippen LogP contribution in [0.5, 0.6) is 0 Å². The summed E-state index contributed by atoms with van der Waals surface area (Å²) in [6.07, 6.45) is -4.08. The van der Waals surface area contributed by atoms with Crippen LogP contribution in [0.4, 0.5) is 18.9 Å². The van der Waals surface area contributed by atoms with Gasteiger partial charge in [-0.2, -0.15) is 13.2 Å². The number of anilines is 1. The molecule has 0 bridgehead atoms. The number of carbonyl (C=O) groups excluding carboxylic acids is 1. The number of nitrogens with one attached hydrogen (secondary N) is 1. The van der Waals surface area contributed by atoms with E-state index in [0.717, 1.165) is 5.56 Å². The fourth-order valence-electron chi connectivity index (χ4n) is 2.20. The molecule has 0 aliphatic rings. The fraction of sp³-hybridized carbons (Fsp3) is 0.294. The second-order valence-electron chi connectivity index (χ2n) is 5.84. The first-order valence-electron chi connectivity index (χ1n) is 7.45. The van der Waals surface area contributed by atoms with E-state index in [0.29, 0.717) is 22.5 Å². The molecule has 134 valence electrons. The number of amides is 1. The smallest absolute Gasteiger partial charge is 0.325 e. The third-order valence-corrected chi connectivity index (χ3v) is 3.79. The number of nitrogens with zero attached hydrogens (tertiary/aromatic N) is 1. The number of benzene rings is 1. The molecule has 0 saturated carbocycles. The van der Waals surface area contributed by atoms with Gasteiger partial charge in [-0.05, 0) is 29.7 Å². The maximum absolute atomic E-state index is 12.8. The molecule has 2 aromatic rings. The van der Waals surface area contributed by atoms with Crippen LogP contribution in [0.2, 0.25) is 5.02 Å². The van der Waals surface area contributed by atoms with Crippen molar-refractivity contribution in [2.75, 3.05) is 5.32 Å². The Balaban J connectivity index is 2.22. The highest BCUT2D eigenvalue weighted by Gasteiger charge is 2.32. The SMILES string of the molecule is CC(C)c1cccc(NC(=O)Cn2cc(C(F)(F)F)cc(Cl)c2=O)c1. The molecule has 0 spiro atoms. The molecule has 1 heterocycles. The topological polar surface area (TPSA) is 51.1 Å². The molecular weight excluding hydrogens is 357 g/mol. The van der Waals surface area contributed by atoms with Gasteiger partial charge in [0, 0.05) is 11.9 Å². The zero-order chi connectivity index (χ0) is 18.8. The number of aromatic nitrogens is 1.